The summed E-state index contributed by atoms with van der Waals surface area (Å²) in [7, 11) is -4.03. The minimum Gasteiger partial charge on any atom is -0.391 e. The number of aliphatic hydroxyl groups excluding tert-OH is 1. The van der Waals surface area contributed by atoms with E-state index in [0.29, 0.717) is 18.8 Å². The standard InChI is InChI=1S/C14H24N3O8P/c1-10-7-16(14(20)15-13(10)19)9-24-12(11(2)18)8-25-26(21,22)17-3-5-23-6-4-17/h7,11-12,18H,3-6,8-9H2,1-2H3,(H,21,22)(H,15,19,20)/t11-,12-/m1/s1. The van der Waals surface area contributed by atoms with E-state index in [1.807, 2.05) is 0 Å². The number of hydrogen-bond acceptors (Lipinski definition) is 7. The van der Waals surface area contributed by atoms with Crippen molar-refractivity contribution in [2.24, 2.45) is 0 Å². The van der Waals surface area contributed by atoms with Gasteiger partial charge in [0.05, 0.1) is 25.9 Å². The van der Waals surface area contributed by atoms with Crippen LogP contribution in [0.5, 0.6) is 0 Å². The minimum atomic E-state index is -4.03. The topological polar surface area (TPSA) is 143 Å². The largest absolute Gasteiger partial charge is 0.405 e. The van der Waals surface area contributed by atoms with Crippen molar-refractivity contribution in [1.82, 2.24) is 14.2 Å². The monoisotopic (exact) mass is 393 g/mol. The number of H-pyrrole nitrogens is 1. The predicted molar refractivity (Wildman–Crippen MR) is 90.8 cm³/mol. The highest BCUT2D eigenvalue weighted by Crippen LogP contribution is 2.46. The zero-order chi connectivity index (χ0) is 19.3. The molecular formula is C14H24N3O8P. The van der Waals surface area contributed by atoms with E-state index in [1.165, 1.54) is 24.7 Å². The second-order valence-electron chi connectivity index (χ2n) is 5.97. The summed E-state index contributed by atoms with van der Waals surface area (Å²) in [5, 5.41) is 9.81. The van der Waals surface area contributed by atoms with Crippen LogP contribution in [0.2, 0.25) is 0 Å². The molecule has 3 N–H and O–H groups in total. The number of aromatic nitrogens is 2. The third-order valence-electron chi connectivity index (χ3n) is 3.91. The number of ether oxygens (including phenoxy) is 2. The molecule has 1 aromatic rings. The molecule has 1 saturated heterocycles. The lowest BCUT2D eigenvalue weighted by Crippen LogP contribution is -2.38. The van der Waals surface area contributed by atoms with Gasteiger partial charge in [-0.2, -0.15) is 0 Å². The Morgan fingerprint density at radius 2 is 2.04 bits per heavy atom. The van der Waals surface area contributed by atoms with Crippen LogP contribution < -0.4 is 11.2 Å². The SMILES string of the molecule is Cc1cn(CO[C@H](COP(=O)(O)N2CCOCC2)[C@@H](C)O)c(=O)[nH]c1=O. The fraction of sp³-hybridized carbons (Fsp3) is 0.714. The van der Waals surface area contributed by atoms with Gasteiger partial charge >= 0.3 is 13.4 Å². The Morgan fingerprint density at radius 3 is 2.65 bits per heavy atom. The van der Waals surface area contributed by atoms with Crippen LogP contribution in [-0.4, -0.2) is 69.3 Å². The van der Waals surface area contributed by atoms with Crippen molar-refractivity contribution in [3.63, 3.8) is 0 Å². The summed E-state index contributed by atoms with van der Waals surface area (Å²) in [6.07, 6.45) is -0.638. The predicted octanol–water partition coefficient (Wildman–Crippen LogP) is -0.982. The molecule has 1 aliphatic heterocycles. The lowest BCUT2D eigenvalue weighted by molar-refractivity contribution is -0.0811. The van der Waals surface area contributed by atoms with E-state index in [1.54, 1.807) is 0 Å². The van der Waals surface area contributed by atoms with Gasteiger partial charge in [0.1, 0.15) is 12.8 Å². The summed E-state index contributed by atoms with van der Waals surface area (Å²) in [5.41, 5.74) is -0.828. The van der Waals surface area contributed by atoms with Crippen molar-refractivity contribution in [3.8, 4) is 0 Å². The van der Waals surface area contributed by atoms with Gasteiger partial charge < -0.3 is 19.5 Å². The summed E-state index contributed by atoms with van der Waals surface area (Å²) in [6.45, 7) is 3.56. The van der Waals surface area contributed by atoms with Crippen LogP contribution in [0, 0.1) is 6.92 Å². The summed E-state index contributed by atoms with van der Waals surface area (Å²) >= 11 is 0. The van der Waals surface area contributed by atoms with Gasteiger partial charge in [-0.15, -0.1) is 0 Å². The van der Waals surface area contributed by atoms with E-state index < -0.39 is 31.2 Å². The molecule has 26 heavy (non-hydrogen) atoms. The van der Waals surface area contributed by atoms with Gasteiger partial charge in [0.25, 0.3) is 5.56 Å². The van der Waals surface area contributed by atoms with Gasteiger partial charge in [-0.1, -0.05) is 0 Å². The molecule has 0 aromatic carbocycles. The number of hydrogen-bond donors (Lipinski definition) is 3. The van der Waals surface area contributed by atoms with Crippen LogP contribution in [-0.2, 0) is 25.3 Å². The number of morpholine rings is 1. The Morgan fingerprint density at radius 1 is 1.38 bits per heavy atom. The molecule has 1 aliphatic rings. The number of rotatable bonds is 8. The van der Waals surface area contributed by atoms with Gasteiger partial charge in [-0.05, 0) is 13.8 Å². The van der Waals surface area contributed by atoms with Crippen molar-refractivity contribution in [1.29, 1.82) is 0 Å². The van der Waals surface area contributed by atoms with E-state index in [9.17, 15) is 24.2 Å². The Bertz CT molecular complexity index is 755. The normalized spacial score (nSPS) is 20.5. The Balaban J connectivity index is 1.96. The molecule has 1 aromatic heterocycles. The van der Waals surface area contributed by atoms with Crippen LogP contribution in [0.25, 0.3) is 0 Å². The second kappa shape index (κ2) is 9.05. The van der Waals surface area contributed by atoms with Crippen LogP contribution >= 0.6 is 7.75 Å². The van der Waals surface area contributed by atoms with Crippen molar-refractivity contribution in [2.75, 3.05) is 32.9 Å². The third-order valence-corrected chi connectivity index (χ3v) is 5.51. The van der Waals surface area contributed by atoms with E-state index in [4.69, 9.17) is 14.0 Å². The molecule has 11 nitrogen and oxygen atoms in total. The number of nitrogens with one attached hydrogen (secondary N) is 1. The maximum atomic E-state index is 12.3. The molecule has 1 unspecified atom stereocenters. The Hall–Kier alpha value is -1.33. The minimum absolute atomic E-state index is 0.261. The number of nitrogens with zero attached hydrogens (tertiary/aromatic N) is 2. The van der Waals surface area contributed by atoms with E-state index in [0.717, 1.165) is 4.57 Å². The molecule has 0 radical (unpaired) electrons. The Kier molecular flexibility index (Phi) is 7.30. The highest BCUT2D eigenvalue weighted by Gasteiger charge is 2.32. The third kappa shape index (κ3) is 5.58. The van der Waals surface area contributed by atoms with Crippen LogP contribution in [0.1, 0.15) is 12.5 Å². The Labute approximate surface area is 149 Å². The first-order valence-electron chi connectivity index (χ1n) is 8.11. The summed E-state index contributed by atoms with van der Waals surface area (Å²) in [6, 6.07) is 0. The lowest BCUT2D eigenvalue weighted by Gasteiger charge is -2.31. The second-order valence-corrected chi connectivity index (χ2v) is 7.77. The van der Waals surface area contributed by atoms with Gasteiger partial charge in [0, 0.05) is 24.8 Å². The first kappa shape index (κ1) is 21.0. The summed E-state index contributed by atoms with van der Waals surface area (Å²) < 4.78 is 30.3. The lowest BCUT2D eigenvalue weighted by atomic mass is 10.2. The molecule has 0 aliphatic carbocycles. The van der Waals surface area contributed by atoms with Gasteiger partial charge in [-0.25, -0.2) is 14.0 Å². The van der Waals surface area contributed by atoms with Crippen LogP contribution in [0.4, 0.5) is 0 Å². The van der Waals surface area contributed by atoms with Crippen molar-refractivity contribution in [3.05, 3.63) is 32.6 Å². The van der Waals surface area contributed by atoms with E-state index >= 15 is 0 Å². The average Bonchev–Trinajstić information content (AvgIpc) is 2.59. The number of aliphatic hydroxyl groups is 1. The van der Waals surface area contributed by atoms with Crippen LogP contribution in [0.3, 0.4) is 0 Å². The smallest absolute Gasteiger partial charge is 0.391 e. The number of aromatic amines is 1. The highest BCUT2D eigenvalue weighted by molar-refractivity contribution is 7.50. The molecule has 2 rings (SSSR count). The maximum absolute atomic E-state index is 12.3. The molecule has 2 heterocycles. The van der Waals surface area contributed by atoms with Gasteiger partial charge in [0.15, 0.2) is 0 Å². The maximum Gasteiger partial charge on any atom is 0.405 e. The van der Waals surface area contributed by atoms with Crippen molar-refractivity contribution >= 4 is 7.75 Å². The number of aryl methyl sites for hydroxylation is 1. The summed E-state index contributed by atoms with van der Waals surface area (Å²) in [4.78, 5) is 35.3. The van der Waals surface area contributed by atoms with Crippen molar-refractivity contribution < 1.29 is 28.6 Å². The fourth-order valence-corrected chi connectivity index (χ4v) is 3.45. The fourth-order valence-electron chi connectivity index (χ4n) is 2.28. The summed E-state index contributed by atoms with van der Waals surface area (Å²) in [5.74, 6) is 0. The molecule has 0 saturated carbocycles. The van der Waals surface area contributed by atoms with Crippen molar-refractivity contribution in [2.45, 2.75) is 32.8 Å². The van der Waals surface area contributed by atoms with E-state index in [-0.39, 0.29) is 26.4 Å². The molecule has 0 spiro atoms. The molecule has 0 amide bonds. The van der Waals surface area contributed by atoms with Crippen LogP contribution in [0.15, 0.2) is 15.8 Å². The average molecular weight is 393 g/mol. The van der Waals surface area contributed by atoms with Gasteiger partial charge in [0.2, 0.25) is 0 Å². The molecular weight excluding hydrogens is 369 g/mol. The first-order chi connectivity index (χ1) is 12.2. The molecule has 12 heteroatoms. The molecule has 1 fully saturated rings. The highest BCUT2D eigenvalue weighted by atomic mass is 31.2. The molecule has 148 valence electrons. The van der Waals surface area contributed by atoms with E-state index in [2.05, 4.69) is 4.98 Å². The molecule has 3 atom stereocenters. The quantitative estimate of drug-likeness (QED) is 0.475. The molecule has 0 bridgehead atoms. The zero-order valence-electron chi connectivity index (χ0n) is 14.7. The first-order valence-corrected chi connectivity index (χ1v) is 9.64. The zero-order valence-corrected chi connectivity index (χ0v) is 15.6. The van der Waals surface area contributed by atoms with Gasteiger partial charge in [-0.3, -0.25) is 18.9 Å².